The zero-order valence-electron chi connectivity index (χ0n) is 13.2. The molecule has 1 heterocycles. The van der Waals surface area contributed by atoms with Gasteiger partial charge in [-0.1, -0.05) is 0 Å². The average Bonchev–Trinajstić information content (AvgIpc) is 2.90. The maximum Gasteiger partial charge on any atom is 0.435 e. The Bertz CT molecular complexity index is 886. The molecule has 0 aliphatic heterocycles. The summed E-state index contributed by atoms with van der Waals surface area (Å²) >= 11 is 0. The van der Waals surface area contributed by atoms with Crippen molar-refractivity contribution >= 4 is 23.0 Å². The van der Waals surface area contributed by atoms with Crippen molar-refractivity contribution in [3.05, 3.63) is 55.4 Å². The van der Waals surface area contributed by atoms with E-state index in [9.17, 15) is 38.2 Å². The maximum absolute atomic E-state index is 12.6. The highest BCUT2D eigenvalue weighted by atomic mass is 19.4. The second kappa shape index (κ2) is 6.42. The molecular weight excluding hydrogens is 363 g/mol. The summed E-state index contributed by atoms with van der Waals surface area (Å²) in [7, 11) is 1.10. The summed E-state index contributed by atoms with van der Waals surface area (Å²) in [6, 6.07) is 2.24. The van der Waals surface area contributed by atoms with Crippen molar-refractivity contribution in [3.63, 3.8) is 0 Å². The number of halogens is 3. The number of hydrogen-bond donors (Lipinski definition) is 1. The second-order valence-corrected chi connectivity index (χ2v) is 5.14. The molecule has 1 aromatic carbocycles. The highest BCUT2D eigenvalue weighted by Gasteiger charge is 2.35. The number of benzene rings is 1. The minimum Gasteiger partial charge on any atom is -0.320 e. The van der Waals surface area contributed by atoms with Crippen LogP contribution in [0, 0.1) is 27.2 Å². The van der Waals surface area contributed by atoms with E-state index >= 15 is 0 Å². The largest absolute Gasteiger partial charge is 0.435 e. The van der Waals surface area contributed by atoms with E-state index < -0.39 is 44.7 Å². The number of nitrogens with zero attached hydrogens (tertiary/aromatic N) is 4. The molecule has 26 heavy (non-hydrogen) atoms. The third-order valence-corrected chi connectivity index (χ3v) is 3.41. The molecule has 2 aromatic rings. The van der Waals surface area contributed by atoms with E-state index in [1.165, 1.54) is 6.92 Å². The molecular formula is C13H10F3N5O5. The number of hydrogen-bond acceptors (Lipinski definition) is 6. The Kier molecular flexibility index (Phi) is 4.65. The smallest absolute Gasteiger partial charge is 0.320 e. The molecule has 0 aliphatic carbocycles. The molecule has 0 aliphatic rings. The molecule has 1 N–H and O–H groups in total. The van der Waals surface area contributed by atoms with Crippen LogP contribution in [0.25, 0.3) is 0 Å². The van der Waals surface area contributed by atoms with Gasteiger partial charge < -0.3 is 5.32 Å². The third kappa shape index (κ3) is 3.60. The lowest BCUT2D eigenvalue weighted by atomic mass is 10.1. The van der Waals surface area contributed by atoms with Crippen molar-refractivity contribution in [1.82, 2.24) is 9.78 Å². The molecule has 1 aromatic heterocycles. The highest BCUT2D eigenvalue weighted by Crippen LogP contribution is 2.32. The van der Waals surface area contributed by atoms with Gasteiger partial charge in [0.2, 0.25) is 0 Å². The molecule has 2 rings (SSSR count). The Morgan fingerprint density at radius 1 is 1.15 bits per heavy atom. The molecule has 0 fully saturated rings. The molecule has 1 amide bonds. The van der Waals surface area contributed by atoms with Gasteiger partial charge in [-0.15, -0.1) is 0 Å². The number of alkyl halides is 3. The molecule has 0 bridgehead atoms. The van der Waals surface area contributed by atoms with Crippen LogP contribution < -0.4 is 5.32 Å². The predicted octanol–water partition coefficient (Wildman–Crippen LogP) is 2.82. The topological polar surface area (TPSA) is 133 Å². The lowest BCUT2D eigenvalue weighted by molar-refractivity contribution is -0.395. The standard InChI is InChI=1S/C13H10F3N5O5/c1-6-8(20(23)24)3-7(4-9(6)21(25)26)17-12(22)10-5-11(13(14,15)16)18-19(10)2/h3-5H,1-2H3,(H,17,22). The van der Waals surface area contributed by atoms with Crippen LogP contribution in [0.4, 0.5) is 30.2 Å². The highest BCUT2D eigenvalue weighted by molar-refractivity contribution is 6.03. The molecule has 10 nitrogen and oxygen atoms in total. The number of nitro groups is 2. The molecule has 0 saturated heterocycles. The van der Waals surface area contributed by atoms with Crippen LogP contribution in [0.5, 0.6) is 0 Å². The number of anilines is 1. The average molecular weight is 373 g/mol. The lowest BCUT2D eigenvalue weighted by Gasteiger charge is -2.07. The van der Waals surface area contributed by atoms with Crippen molar-refractivity contribution < 1.29 is 27.8 Å². The first-order valence-electron chi connectivity index (χ1n) is 6.78. The van der Waals surface area contributed by atoms with E-state index in [2.05, 4.69) is 10.4 Å². The number of nitro benzene ring substituents is 2. The third-order valence-electron chi connectivity index (χ3n) is 3.41. The molecule has 0 atom stereocenters. The van der Waals surface area contributed by atoms with Crippen molar-refractivity contribution in [2.75, 3.05) is 5.32 Å². The fraction of sp³-hybridized carbons (Fsp3) is 0.231. The van der Waals surface area contributed by atoms with Crippen LogP contribution in [0.15, 0.2) is 18.2 Å². The number of carbonyl (C=O) groups excluding carboxylic acids is 1. The zero-order valence-corrected chi connectivity index (χ0v) is 13.2. The van der Waals surface area contributed by atoms with Gasteiger partial charge in [0.1, 0.15) is 11.3 Å². The maximum atomic E-state index is 12.6. The Labute approximate surface area is 142 Å². The van der Waals surface area contributed by atoms with E-state index in [1.807, 2.05) is 0 Å². The van der Waals surface area contributed by atoms with Crippen LogP contribution in [0.2, 0.25) is 0 Å². The minimum absolute atomic E-state index is 0.224. The Hall–Kier alpha value is -3.51. The van der Waals surface area contributed by atoms with E-state index in [0.717, 1.165) is 19.2 Å². The summed E-state index contributed by atoms with van der Waals surface area (Å²) in [5.41, 5.74) is -3.55. The molecule has 0 radical (unpaired) electrons. The van der Waals surface area contributed by atoms with Gasteiger partial charge >= 0.3 is 6.18 Å². The monoisotopic (exact) mass is 373 g/mol. The number of nitrogens with one attached hydrogen (secondary N) is 1. The Balaban J connectivity index is 2.42. The molecule has 0 spiro atoms. The summed E-state index contributed by atoms with van der Waals surface area (Å²) < 4.78 is 38.6. The van der Waals surface area contributed by atoms with Gasteiger partial charge in [-0.2, -0.15) is 18.3 Å². The lowest BCUT2D eigenvalue weighted by Crippen LogP contribution is -2.16. The summed E-state index contributed by atoms with van der Waals surface area (Å²) in [6.07, 6.45) is -4.77. The van der Waals surface area contributed by atoms with Crippen molar-refractivity contribution in [1.29, 1.82) is 0 Å². The van der Waals surface area contributed by atoms with E-state index in [1.54, 1.807) is 0 Å². The van der Waals surface area contributed by atoms with E-state index in [0.29, 0.717) is 10.7 Å². The van der Waals surface area contributed by atoms with Crippen molar-refractivity contribution in [3.8, 4) is 0 Å². The minimum atomic E-state index is -4.77. The Morgan fingerprint density at radius 2 is 1.65 bits per heavy atom. The van der Waals surface area contributed by atoms with Crippen molar-refractivity contribution in [2.45, 2.75) is 13.1 Å². The van der Waals surface area contributed by atoms with Crippen LogP contribution in [-0.4, -0.2) is 25.5 Å². The van der Waals surface area contributed by atoms with E-state index in [4.69, 9.17) is 0 Å². The molecule has 13 heteroatoms. The number of carbonyl (C=O) groups is 1. The van der Waals surface area contributed by atoms with Gasteiger partial charge in [0.05, 0.1) is 15.5 Å². The SMILES string of the molecule is Cc1c([N+](=O)[O-])cc(NC(=O)c2cc(C(F)(F)F)nn2C)cc1[N+](=O)[O-]. The number of aromatic nitrogens is 2. The molecule has 138 valence electrons. The predicted molar refractivity (Wildman–Crippen MR) is 80.7 cm³/mol. The summed E-state index contributed by atoms with van der Waals surface area (Å²) in [6.45, 7) is 1.17. The van der Waals surface area contributed by atoms with Crippen LogP contribution in [0.1, 0.15) is 21.7 Å². The van der Waals surface area contributed by atoms with Gasteiger partial charge in [0.15, 0.2) is 5.69 Å². The summed E-state index contributed by atoms with van der Waals surface area (Å²) in [4.78, 5) is 32.4. The first-order chi connectivity index (χ1) is 11.9. The summed E-state index contributed by atoms with van der Waals surface area (Å²) in [5, 5.41) is 27.3. The number of rotatable bonds is 4. The Morgan fingerprint density at radius 3 is 2.04 bits per heavy atom. The fourth-order valence-corrected chi connectivity index (χ4v) is 2.15. The second-order valence-electron chi connectivity index (χ2n) is 5.14. The van der Waals surface area contributed by atoms with Gasteiger partial charge in [-0.05, 0) is 6.92 Å². The first kappa shape index (κ1) is 18.8. The van der Waals surface area contributed by atoms with Crippen LogP contribution in [-0.2, 0) is 13.2 Å². The van der Waals surface area contributed by atoms with Gasteiger partial charge in [-0.3, -0.25) is 29.7 Å². The van der Waals surface area contributed by atoms with Gasteiger partial charge in [-0.25, -0.2) is 0 Å². The number of amides is 1. The van der Waals surface area contributed by atoms with Crippen LogP contribution >= 0.6 is 0 Å². The molecule has 0 unspecified atom stereocenters. The zero-order chi connectivity index (χ0) is 19.8. The van der Waals surface area contributed by atoms with Gasteiger partial charge in [0.25, 0.3) is 17.3 Å². The molecule has 0 saturated carbocycles. The number of aryl methyl sites for hydroxylation is 1. The normalized spacial score (nSPS) is 11.3. The van der Waals surface area contributed by atoms with E-state index in [-0.39, 0.29) is 11.3 Å². The van der Waals surface area contributed by atoms with Crippen molar-refractivity contribution in [2.24, 2.45) is 7.05 Å². The van der Waals surface area contributed by atoms with Gasteiger partial charge in [0, 0.05) is 25.2 Å². The van der Waals surface area contributed by atoms with Crippen LogP contribution in [0.3, 0.4) is 0 Å². The fourth-order valence-electron chi connectivity index (χ4n) is 2.15. The first-order valence-corrected chi connectivity index (χ1v) is 6.78. The quantitative estimate of drug-likeness (QED) is 0.647. The summed E-state index contributed by atoms with van der Waals surface area (Å²) in [5.74, 6) is -1.07.